The van der Waals surface area contributed by atoms with E-state index in [1.165, 1.54) is 36.7 Å². The van der Waals surface area contributed by atoms with Crippen molar-refractivity contribution in [3.63, 3.8) is 0 Å². The number of anilines is 1. The standard InChI is InChI=1S/C12H7Cl2N3O3/c13-9-3-4-15-6-8(9)12(18)16-11-5-7(17(19)20)1-2-10(11)14/h1-6H,(H,16,18). The van der Waals surface area contributed by atoms with Gasteiger partial charge in [0, 0.05) is 24.5 Å². The topological polar surface area (TPSA) is 85.1 Å². The second kappa shape index (κ2) is 5.85. The van der Waals surface area contributed by atoms with Gasteiger partial charge in [-0.05, 0) is 12.1 Å². The lowest BCUT2D eigenvalue weighted by molar-refractivity contribution is -0.384. The molecule has 0 saturated carbocycles. The highest BCUT2D eigenvalue weighted by molar-refractivity contribution is 6.35. The van der Waals surface area contributed by atoms with Crippen LogP contribution in [-0.4, -0.2) is 15.8 Å². The van der Waals surface area contributed by atoms with E-state index in [9.17, 15) is 14.9 Å². The third kappa shape index (κ3) is 3.04. The minimum Gasteiger partial charge on any atom is -0.320 e. The fourth-order valence-electron chi connectivity index (χ4n) is 1.46. The summed E-state index contributed by atoms with van der Waals surface area (Å²) in [5.74, 6) is -0.550. The Morgan fingerprint density at radius 2 is 2.00 bits per heavy atom. The number of aromatic nitrogens is 1. The Morgan fingerprint density at radius 3 is 2.65 bits per heavy atom. The van der Waals surface area contributed by atoms with Gasteiger partial charge in [0.25, 0.3) is 11.6 Å². The Labute approximate surface area is 123 Å². The van der Waals surface area contributed by atoms with Gasteiger partial charge in [0.05, 0.1) is 26.2 Å². The third-order valence-corrected chi connectivity index (χ3v) is 3.08. The molecule has 1 aromatic carbocycles. The van der Waals surface area contributed by atoms with Crippen molar-refractivity contribution in [2.45, 2.75) is 0 Å². The molecule has 2 aromatic rings. The van der Waals surface area contributed by atoms with Crippen molar-refractivity contribution in [2.75, 3.05) is 5.32 Å². The average molecular weight is 312 g/mol. The van der Waals surface area contributed by atoms with E-state index in [0.29, 0.717) is 0 Å². The highest BCUT2D eigenvalue weighted by atomic mass is 35.5. The van der Waals surface area contributed by atoms with Gasteiger partial charge in [-0.2, -0.15) is 0 Å². The van der Waals surface area contributed by atoms with Crippen LogP contribution in [0.15, 0.2) is 36.7 Å². The second-order valence-corrected chi connectivity index (χ2v) is 4.55. The summed E-state index contributed by atoms with van der Waals surface area (Å²) < 4.78 is 0. The minimum atomic E-state index is -0.580. The average Bonchev–Trinajstić information content (AvgIpc) is 2.41. The Kier molecular flexibility index (Phi) is 4.16. The largest absolute Gasteiger partial charge is 0.320 e. The van der Waals surface area contributed by atoms with Crippen molar-refractivity contribution in [1.82, 2.24) is 4.98 Å². The van der Waals surface area contributed by atoms with E-state index in [1.54, 1.807) is 0 Å². The summed E-state index contributed by atoms with van der Waals surface area (Å²) in [5.41, 5.74) is 0.101. The molecule has 1 aromatic heterocycles. The fourth-order valence-corrected chi connectivity index (χ4v) is 1.81. The number of nitro groups is 1. The summed E-state index contributed by atoms with van der Waals surface area (Å²) >= 11 is 11.8. The zero-order valence-electron chi connectivity index (χ0n) is 9.84. The Hall–Kier alpha value is -2.18. The van der Waals surface area contributed by atoms with Crippen molar-refractivity contribution < 1.29 is 9.72 Å². The molecule has 1 amide bonds. The van der Waals surface area contributed by atoms with Crippen LogP contribution in [0.5, 0.6) is 0 Å². The Balaban J connectivity index is 2.30. The molecular formula is C12H7Cl2N3O3. The molecule has 0 aliphatic carbocycles. The first-order chi connectivity index (χ1) is 9.49. The van der Waals surface area contributed by atoms with Gasteiger partial charge in [-0.15, -0.1) is 0 Å². The number of carbonyl (C=O) groups excluding carboxylic acids is 1. The van der Waals surface area contributed by atoms with Gasteiger partial charge in [0.15, 0.2) is 0 Å². The summed E-state index contributed by atoms with van der Waals surface area (Å²) in [6.45, 7) is 0. The van der Waals surface area contributed by atoms with E-state index in [0.717, 1.165) is 0 Å². The molecule has 8 heteroatoms. The number of hydrogen-bond acceptors (Lipinski definition) is 4. The van der Waals surface area contributed by atoms with Crippen LogP contribution in [0.25, 0.3) is 0 Å². The highest BCUT2D eigenvalue weighted by Gasteiger charge is 2.15. The molecule has 0 bridgehead atoms. The number of nitrogens with one attached hydrogen (secondary N) is 1. The van der Waals surface area contributed by atoms with Crippen LogP contribution in [0.2, 0.25) is 10.0 Å². The van der Waals surface area contributed by atoms with Gasteiger partial charge < -0.3 is 5.32 Å². The number of non-ortho nitro benzene ring substituents is 1. The normalized spacial score (nSPS) is 10.1. The molecule has 0 spiro atoms. The summed E-state index contributed by atoms with van der Waals surface area (Å²) in [6.07, 6.45) is 2.74. The van der Waals surface area contributed by atoms with Crippen molar-refractivity contribution in [2.24, 2.45) is 0 Å². The molecule has 1 N–H and O–H groups in total. The maximum atomic E-state index is 12.0. The van der Waals surface area contributed by atoms with Crippen LogP contribution in [0, 0.1) is 10.1 Å². The smallest absolute Gasteiger partial charge is 0.271 e. The molecule has 2 rings (SSSR count). The zero-order valence-corrected chi connectivity index (χ0v) is 11.4. The number of rotatable bonds is 3. The van der Waals surface area contributed by atoms with Gasteiger partial charge in [-0.25, -0.2) is 0 Å². The monoisotopic (exact) mass is 311 g/mol. The SMILES string of the molecule is O=C(Nc1cc([N+](=O)[O-])ccc1Cl)c1cnccc1Cl. The molecule has 0 aliphatic heterocycles. The van der Waals surface area contributed by atoms with Gasteiger partial charge in [0.2, 0.25) is 0 Å². The number of benzene rings is 1. The zero-order chi connectivity index (χ0) is 14.7. The van der Waals surface area contributed by atoms with E-state index < -0.39 is 10.8 Å². The first-order valence-electron chi connectivity index (χ1n) is 5.34. The van der Waals surface area contributed by atoms with Crippen LogP contribution >= 0.6 is 23.2 Å². The first kappa shape index (κ1) is 14.2. The van der Waals surface area contributed by atoms with E-state index in [2.05, 4.69) is 10.3 Å². The van der Waals surface area contributed by atoms with Gasteiger partial charge in [0.1, 0.15) is 0 Å². The van der Waals surface area contributed by atoms with Gasteiger partial charge in [-0.3, -0.25) is 19.9 Å². The van der Waals surface area contributed by atoms with E-state index >= 15 is 0 Å². The fraction of sp³-hybridized carbons (Fsp3) is 0. The summed E-state index contributed by atoms with van der Waals surface area (Å²) in [5, 5.41) is 13.6. The van der Waals surface area contributed by atoms with Crippen molar-refractivity contribution >= 4 is 40.5 Å². The van der Waals surface area contributed by atoms with Crippen LogP contribution in [0.4, 0.5) is 11.4 Å². The maximum Gasteiger partial charge on any atom is 0.271 e. The molecule has 0 radical (unpaired) electrons. The van der Waals surface area contributed by atoms with Gasteiger partial charge in [-0.1, -0.05) is 23.2 Å². The lowest BCUT2D eigenvalue weighted by Crippen LogP contribution is -2.13. The molecule has 102 valence electrons. The quantitative estimate of drug-likeness (QED) is 0.693. The van der Waals surface area contributed by atoms with Crippen molar-refractivity contribution in [3.8, 4) is 0 Å². The number of pyridine rings is 1. The molecule has 0 atom stereocenters. The van der Waals surface area contributed by atoms with Crippen molar-refractivity contribution in [3.05, 3.63) is 62.4 Å². The van der Waals surface area contributed by atoms with Crippen LogP contribution < -0.4 is 5.32 Å². The Bertz CT molecular complexity index is 691. The maximum absolute atomic E-state index is 12.0. The summed E-state index contributed by atoms with van der Waals surface area (Å²) in [6, 6.07) is 5.21. The van der Waals surface area contributed by atoms with Gasteiger partial charge >= 0.3 is 0 Å². The molecule has 6 nitrogen and oxygen atoms in total. The number of halogens is 2. The van der Waals surface area contributed by atoms with Crippen LogP contribution in [0.1, 0.15) is 10.4 Å². The van der Waals surface area contributed by atoms with E-state index in [1.807, 2.05) is 0 Å². The molecule has 0 fully saturated rings. The third-order valence-electron chi connectivity index (χ3n) is 2.42. The lowest BCUT2D eigenvalue weighted by Gasteiger charge is -2.07. The van der Waals surface area contributed by atoms with Crippen LogP contribution in [-0.2, 0) is 0 Å². The van der Waals surface area contributed by atoms with Crippen LogP contribution in [0.3, 0.4) is 0 Å². The summed E-state index contributed by atoms with van der Waals surface area (Å²) in [7, 11) is 0. The first-order valence-corrected chi connectivity index (χ1v) is 6.09. The number of nitrogens with zero attached hydrogens (tertiary/aromatic N) is 2. The number of carbonyl (C=O) groups is 1. The van der Waals surface area contributed by atoms with E-state index in [4.69, 9.17) is 23.2 Å². The number of amides is 1. The Morgan fingerprint density at radius 1 is 1.25 bits per heavy atom. The minimum absolute atomic E-state index is 0.130. The predicted octanol–water partition coefficient (Wildman–Crippen LogP) is 3.55. The molecule has 1 heterocycles. The molecule has 0 unspecified atom stereocenters. The second-order valence-electron chi connectivity index (χ2n) is 3.73. The number of hydrogen-bond donors (Lipinski definition) is 1. The highest BCUT2D eigenvalue weighted by Crippen LogP contribution is 2.27. The predicted molar refractivity (Wildman–Crippen MR) is 75.3 cm³/mol. The lowest BCUT2D eigenvalue weighted by atomic mass is 10.2. The summed E-state index contributed by atoms with van der Waals surface area (Å²) in [4.78, 5) is 25.9. The number of nitro benzene ring substituents is 1. The van der Waals surface area contributed by atoms with Crippen molar-refractivity contribution in [1.29, 1.82) is 0 Å². The molecule has 0 aliphatic rings. The molecule has 0 saturated heterocycles. The molecular weight excluding hydrogens is 305 g/mol. The molecule has 20 heavy (non-hydrogen) atoms. The van der Waals surface area contributed by atoms with E-state index in [-0.39, 0.29) is 27.0 Å².